The van der Waals surface area contributed by atoms with E-state index >= 15 is 0 Å². The molecule has 1 heterocycles. The van der Waals surface area contributed by atoms with Gasteiger partial charge < -0.3 is 10.6 Å². The van der Waals surface area contributed by atoms with E-state index in [1.165, 1.54) is 18.2 Å². The monoisotopic (exact) mass is 345 g/mol. The summed E-state index contributed by atoms with van der Waals surface area (Å²) < 4.78 is 38.8. The molecule has 0 aliphatic carbocycles. The van der Waals surface area contributed by atoms with Crippen molar-refractivity contribution in [2.45, 2.75) is 12.7 Å². The van der Waals surface area contributed by atoms with Gasteiger partial charge in [-0.3, -0.25) is 4.98 Å². The maximum absolute atomic E-state index is 12.9. The lowest BCUT2D eigenvalue weighted by Gasteiger charge is -2.14. The molecule has 0 bridgehead atoms. The summed E-state index contributed by atoms with van der Waals surface area (Å²) in [4.78, 5) is 16.2. The van der Waals surface area contributed by atoms with Crippen LogP contribution in [0.5, 0.6) is 0 Å². The first-order valence-corrected chi connectivity index (χ1v) is 7.49. The van der Waals surface area contributed by atoms with Gasteiger partial charge in [0.15, 0.2) is 0 Å². The fourth-order valence-corrected chi connectivity index (χ4v) is 2.49. The second-order valence-corrected chi connectivity index (χ2v) is 5.33. The first-order chi connectivity index (χ1) is 11.9. The lowest BCUT2D eigenvalue weighted by Crippen LogP contribution is -2.29. The maximum Gasteiger partial charge on any atom is 0.418 e. The molecule has 3 rings (SSSR count). The third-order valence-corrected chi connectivity index (χ3v) is 3.65. The standard InChI is InChI=1S/C18H14F3N3O/c19-18(20,21)14-7-3-4-8-15(14)24-17(25)23-11-16-13-6-2-1-5-12(13)9-10-22-16/h1-10H,11H2,(H2,23,24,25). The molecule has 0 saturated carbocycles. The molecule has 0 atom stereocenters. The predicted octanol–water partition coefficient (Wildman–Crippen LogP) is 4.58. The average molecular weight is 345 g/mol. The van der Waals surface area contributed by atoms with Gasteiger partial charge in [0.25, 0.3) is 0 Å². The number of amides is 2. The number of fused-ring (bicyclic) bond motifs is 1. The van der Waals surface area contributed by atoms with Gasteiger partial charge in [-0.2, -0.15) is 13.2 Å². The molecule has 0 fully saturated rings. The van der Waals surface area contributed by atoms with Crippen LogP contribution < -0.4 is 10.6 Å². The van der Waals surface area contributed by atoms with Crippen molar-refractivity contribution in [3.8, 4) is 0 Å². The zero-order valence-corrected chi connectivity index (χ0v) is 13.0. The van der Waals surface area contributed by atoms with Crippen LogP contribution in [0, 0.1) is 0 Å². The van der Waals surface area contributed by atoms with Crippen LogP contribution in [-0.4, -0.2) is 11.0 Å². The lowest BCUT2D eigenvalue weighted by atomic mass is 10.1. The fraction of sp³-hybridized carbons (Fsp3) is 0.111. The van der Waals surface area contributed by atoms with Crippen molar-refractivity contribution in [2.75, 3.05) is 5.32 Å². The SMILES string of the molecule is O=C(NCc1nccc2ccccc12)Nc1ccccc1C(F)(F)F. The number of nitrogens with zero attached hydrogens (tertiary/aromatic N) is 1. The summed E-state index contributed by atoms with van der Waals surface area (Å²) in [5.41, 5.74) is -0.552. The number of nitrogens with one attached hydrogen (secondary N) is 2. The minimum Gasteiger partial charge on any atom is -0.332 e. The number of pyridine rings is 1. The van der Waals surface area contributed by atoms with Gasteiger partial charge in [0.1, 0.15) is 0 Å². The number of hydrogen-bond acceptors (Lipinski definition) is 2. The van der Waals surface area contributed by atoms with E-state index in [9.17, 15) is 18.0 Å². The number of aromatic nitrogens is 1. The molecule has 0 aliphatic rings. The van der Waals surface area contributed by atoms with E-state index < -0.39 is 17.8 Å². The molecule has 2 N–H and O–H groups in total. The van der Waals surface area contributed by atoms with Crippen molar-refractivity contribution in [1.82, 2.24) is 10.3 Å². The largest absolute Gasteiger partial charge is 0.418 e. The fourth-order valence-electron chi connectivity index (χ4n) is 2.49. The first-order valence-electron chi connectivity index (χ1n) is 7.49. The highest BCUT2D eigenvalue weighted by atomic mass is 19.4. The van der Waals surface area contributed by atoms with E-state index in [4.69, 9.17) is 0 Å². The zero-order valence-electron chi connectivity index (χ0n) is 13.0. The van der Waals surface area contributed by atoms with Crippen molar-refractivity contribution < 1.29 is 18.0 Å². The minimum absolute atomic E-state index is 0.0986. The Hall–Kier alpha value is -3.09. The molecule has 1 aromatic heterocycles. The number of alkyl halides is 3. The molecule has 4 nitrogen and oxygen atoms in total. The molecule has 25 heavy (non-hydrogen) atoms. The number of rotatable bonds is 3. The van der Waals surface area contributed by atoms with Crippen LogP contribution in [0.1, 0.15) is 11.3 Å². The number of carbonyl (C=O) groups is 1. The normalized spacial score (nSPS) is 11.3. The Balaban J connectivity index is 1.72. The Morgan fingerprint density at radius 1 is 1.00 bits per heavy atom. The molecule has 2 aromatic carbocycles. The third-order valence-electron chi connectivity index (χ3n) is 3.65. The topological polar surface area (TPSA) is 54.0 Å². The van der Waals surface area contributed by atoms with Gasteiger partial charge in [-0.05, 0) is 23.6 Å². The van der Waals surface area contributed by atoms with Gasteiger partial charge in [-0.15, -0.1) is 0 Å². The summed E-state index contributed by atoms with van der Waals surface area (Å²) in [5.74, 6) is 0. The predicted molar refractivity (Wildman–Crippen MR) is 89.0 cm³/mol. The molecule has 7 heteroatoms. The summed E-state index contributed by atoms with van der Waals surface area (Å²) in [7, 11) is 0. The molecular weight excluding hydrogens is 331 g/mol. The molecule has 0 aliphatic heterocycles. The number of urea groups is 1. The van der Waals surface area contributed by atoms with E-state index in [1.54, 1.807) is 6.20 Å². The van der Waals surface area contributed by atoms with Crippen LogP contribution in [0.3, 0.4) is 0 Å². The molecule has 128 valence electrons. The van der Waals surface area contributed by atoms with Gasteiger partial charge in [-0.1, -0.05) is 36.4 Å². The Bertz CT molecular complexity index is 904. The molecule has 3 aromatic rings. The summed E-state index contributed by atoms with van der Waals surface area (Å²) in [6, 6.07) is 13.5. The summed E-state index contributed by atoms with van der Waals surface area (Å²) >= 11 is 0. The van der Waals surface area contributed by atoms with E-state index in [0.29, 0.717) is 5.69 Å². The van der Waals surface area contributed by atoms with Gasteiger partial charge in [-0.25, -0.2) is 4.79 Å². The molecule has 0 saturated heterocycles. The number of halogens is 3. The van der Waals surface area contributed by atoms with Crippen LogP contribution in [0.4, 0.5) is 23.7 Å². The van der Waals surface area contributed by atoms with Crippen molar-refractivity contribution in [3.63, 3.8) is 0 Å². The van der Waals surface area contributed by atoms with E-state index in [-0.39, 0.29) is 12.2 Å². The van der Waals surface area contributed by atoms with Gasteiger partial charge in [0.05, 0.1) is 23.5 Å². The maximum atomic E-state index is 12.9. The Morgan fingerprint density at radius 2 is 1.72 bits per heavy atom. The molecule has 0 unspecified atom stereocenters. The van der Waals surface area contributed by atoms with Crippen molar-refractivity contribution in [1.29, 1.82) is 0 Å². The Morgan fingerprint density at radius 3 is 2.52 bits per heavy atom. The first kappa shape index (κ1) is 16.8. The highest BCUT2D eigenvalue weighted by Gasteiger charge is 2.33. The summed E-state index contributed by atoms with van der Waals surface area (Å²) in [6.45, 7) is 0.0986. The zero-order chi connectivity index (χ0) is 17.9. The average Bonchev–Trinajstić information content (AvgIpc) is 2.59. The lowest BCUT2D eigenvalue weighted by molar-refractivity contribution is -0.136. The van der Waals surface area contributed by atoms with Crippen LogP contribution in [0.25, 0.3) is 10.8 Å². The molecule has 2 amide bonds. The number of anilines is 1. The summed E-state index contributed by atoms with van der Waals surface area (Å²) in [5, 5.41) is 6.62. The molecular formula is C18H14F3N3O. The second kappa shape index (κ2) is 6.80. The second-order valence-electron chi connectivity index (χ2n) is 5.33. The summed E-state index contributed by atoms with van der Waals surface area (Å²) in [6.07, 6.45) is -2.92. The van der Waals surface area contributed by atoms with Crippen LogP contribution in [-0.2, 0) is 12.7 Å². The third kappa shape index (κ3) is 3.88. The van der Waals surface area contributed by atoms with Crippen molar-refractivity contribution in [2.24, 2.45) is 0 Å². The van der Waals surface area contributed by atoms with E-state index in [2.05, 4.69) is 15.6 Å². The number of para-hydroxylation sites is 1. The smallest absolute Gasteiger partial charge is 0.332 e. The Kier molecular flexibility index (Phi) is 4.56. The van der Waals surface area contributed by atoms with E-state index in [1.807, 2.05) is 30.3 Å². The van der Waals surface area contributed by atoms with Crippen molar-refractivity contribution in [3.05, 3.63) is 72.1 Å². The minimum atomic E-state index is -4.54. The van der Waals surface area contributed by atoms with Gasteiger partial charge in [0, 0.05) is 11.6 Å². The quantitative estimate of drug-likeness (QED) is 0.730. The van der Waals surface area contributed by atoms with Crippen LogP contribution >= 0.6 is 0 Å². The highest BCUT2D eigenvalue weighted by Crippen LogP contribution is 2.34. The molecule has 0 radical (unpaired) electrons. The van der Waals surface area contributed by atoms with Gasteiger partial charge in [0.2, 0.25) is 0 Å². The Labute approximate surface area is 141 Å². The van der Waals surface area contributed by atoms with Crippen molar-refractivity contribution >= 4 is 22.5 Å². The van der Waals surface area contributed by atoms with Crippen LogP contribution in [0.15, 0.2) is 60.8 Å². The molecule has 0 spiro atoms. The number of benzene rings is 2. The van der Waals surface area contributed by atoms with E-state index in [0.717, 1.165) is 16.8 Å². The highest BCUT2D eigenvalue weighted by molar-refractivity contribution is 5.90. The van der Waals surface area contributed by atoms with Gasteiger partial charge >= 0.3 is 12.2 Å². The number of hydrogen-bond donors (Lipinski definition) is 2. The number of carbonyl (C=O) groups excluding carboxylic acids is 1. The van der Waals surface area contributed by atoms with Crippen LogP contribution in [0.2, 0.25) is 0 Å².